The minimum Gasteiger partial charge on any atom is -0.477 e. The van der Waals surface area contributed by atoms with Gasteiger partial charge in [0.05, 0.1) is 23.9 Å². The molecule has 1 unspecified atom stereocenters. The number of aromatic carboxylic acids is 1. The molecule has 0 aliphatic carbocycles. The molecule has 0 saturated heterocycles. The van der Waals surface area contributed by atoms with E-state index in [0.29, 0.717) is 6.54 Å². The van der Waals surface area contributed by atoms with E-state index in [0.717, 1.165) is 12.2 Å². The summed E-state index contributed by atoms with van der Waals surface area (Å²) >= 11 is 0. The van der Waals surface area contributed by atoms with Gasteiger partial charge in [-0.3, -0.25) is 0 Å². The van der Waals surface area contributed by atoms with Crippen LogP contribution in [0.4, 0.5) is 5.69 Å². The molecule has 5 nitrogen and oxygen atoms in total. The molecule has 1 aromatic rings. The number of hydrogen-bond donors (Lipinski definition) is 1. The van der Waals surface area contributed by atoms with Crippen LogP contribution in [0, 0.1) is 17.2 Å². The molecule has 0 spiro atoms. The molecule has 1 N–H and O–H groups in total. The zero-order valence-corrected chi connectivity index (χ0v) is 9.92. The Balaban J connectivity index is 2.83. The van der Waals surface area contributed by atoms with Crippen molar-refractivity contribution in [3.05, 3.63) is 24.0 Å². The lowest BCUT2D eigenvalue weighted by atomic mass is 10.2. The van der Waals surface area contributed by atoms with Gasteiger partial charge in [-0.1, -0.05) is 0 Å². The van der Waals surface area contributed by atoms with Crippen LogP contribution >= 0.6 is 0 Å². The molecule has 1 atom stereocenters. The predicted octanol–water partition coefficient (Wildman–Crippen LogP) is 1.77. The second kappa shape index (κ2) is 5.85. The fraction of sp³-hybridized carbons (Fsp3) is 0.417. The van der Waals surface area contributed by atoms with E-state index >= 15 is 0 Å². The van der Waals surface area contributed by atoms with E-state index in [1.165, 1.54) is 12.3 Å². The second-order valence-electron chi connectivity index (χ2n) is 3.78. The smallest absolute Gasteiger partial charge is 0.354 e. The highest BCUT2D eigenvalue weighted by Gasteiger charge is 2.10. The Kier molecular flexibility index (Phi) is 4.46. The van der Waals surface area contributed by atoms with Gasteiger partial charge in [0.25, 0.3) is 0 Å². The number of aromatic nitrogens is 1. The summed E-state index contributed by atoms with van der Waals surface area (Å²) in [5, 5.41) is 17.5. The number of carboxylic acids is 1. The third kappa shape index (κ3) is 3.45. The van der Waals surface area contributed by atoms with Gasteiger partial charge >= 0.3 is 5.97 Å². The first-order valence-electron chi connectivity index (χ1n) is 5.42. The Morgan fingerprint density at radius 3 is 2.76 bits per heavy atom. The van der Waals surface area contributed by atoms with E-state index in [1.807, 2.05) is 18.7 Å². The zero-order chi connectivity index (χ0) is 12.8. The van der Waals surface area contributed by atoms with E-state index < -0.39 is 5.97 Å². The number of carboxylic acid groups (broad SMARTS) is 1. The number of anilines is 1. The highest BCUT2D eigenvalue weighted by atomic mass is 16.4. The van der Waals surface area contributed by atoms with Gasteiger partial charge in [0.15, 0.2) is 0 Å². The molecule has 17 heavy (non-hydrogen) atoms. The maximum absolute atomic E-state index is 10.7. The molecule has 0 bridgehead atoms. The molecule has 1 aromatic heterocycles. The Bertz CT molecular complexity index is 422. The number of rotatable bonds is 5. The third-order valence-corrected chi connectivity index (χ3v) is 2.43. The highest BCUT2D eigenvalue weighted by Crippen LogP contribution is 2.14. The Morgan fingerprint density at radius 1 is 1.65 bits per heavy atom. The number of pyridine rings is 1. The lowest BCUT2D eigenvalue weighted by Gasteiger charge is -2.23. The van der Waals surface area contributed by atoms with Gasteiger partial charge in [0.1, 0.15) is 5.69 Å². The number of nitriles is 1. The average molecular weight is 233 g/mol. The van der Waals surface area contributed by atoms with Crippen LogP contribution in [0.15, 0.2) is 18.3 Å². The van der Waals surface area contributed by atoms with Gasteiger partial charge in [-0.05, 0) is 26.0 Å². The molecule has 0 fully saturated rings. The van der Waals surface area contributed by atoms with Crippen molar-refractivity contribution in [2.75, 3.05) is 18.0 Å². The van der Waals surface area contributed by atoms with Gasteiger partial charge < -0.3 is 10.0 Å². The molecule has 0 saturated carbocycles. The summed E-state index contributed by atoms with van der Waals surface area (Å²) in [6.07, 6.45) is 1.52. The maximum Gasteiger partial charge on any atom is 0.354 e. The second-order valence-corrected chi connectivity index (χ2v) is 3.78. The molecule has 0 radical (unpaired) electrons. The minimum absolute atomic E-state index is 0.0261. The summed E-state index contributed by atoms with van der Waals surface area (Å²) in [7, 11) is 0. The lowest BCUT2D eigenvalue weighted by molar-refractivity contribution is 0.0690. The van der Waals surface area contributed by atoms with Crippen LogP contribution in [0.3, 0.4) is 0 Å². The monoisotopic (exact) mass is 233 g/mol. The molecule has 5 heteroatoms. The van der Waals surface area contributed by atoms with Crippen LogP contribution in [0.5, 0.6) is 0 Å². The lowest BCUT2D eigenvalue weighted by Crippen LogP contribution is -2.27. The number of nitrogens with zero attached hydrogens (tertiary/aromatic N) is 3. The standard InChI is InChI=1S/C12H15N3O2/c1-3-15(8-9(2)6-13)10-4-5-11(12(16)17)14-7-10/h4-5,7,9H,3,8H2,1-2H3,(H,16,17). The summed E-state index contributed by atoms with van der Waals surface area (Å²) in [6, 6.07) is 5.35. The molecular weight excluding hydrogens is 218 g/mol. The van der Waals surface area contributed by atoms with Crippen molar-refractivity contribution >= 4 is 11.7 Å². The van der Waals surface area contributed by atoms with E-state index in [1.54, 1.807) is 6.07 Å². The van der Waals surface area contributed by atoms with Crippen molar-refractivity contribution in [2.45, 2.75) is 13.8 Å². The fourth-order valence-electron chi connectivity index (χ4n) is 1.49. The number of hydrogen-bond acceptors (Lipinski definition) is 4. The van der Waals surface area contributed by atoms with E-state index in [2.05, 4.69) is 11.1 Å². The maximum atomic E-state index is 10.7. The first-order valence-corrected chi connectivity index (χ1v) is 5.42. The van der Waals surface area contributed by atoms with E-state index in [4.69, 9.17) is 10.4 Å². The topological polar surface area (TPSA) is 77.2 Å². The predicted molar refractivity (Wildman–Crippen MR) is 63.9 cm³/mol. The van der Waals surface area contributed by atoms with Gasteiger partial charge in [0, 0.05) is 13.1 Å². The van der Waals surface area contributed by atoms with Crippen molar-refractivity contribution < 1.29 is 9.90 Å². The molecule has 90 valence electrons. The van der Waals surface area contributed by atoms with E-state index in [9.17, 15) is 4.79 Å². The molecule has 0 aromatic carbocycles. The largest absolute Gasteiger partial charge is 0.477 e. The molecule has 1 heterocycles. The Labute approximate surface area is 100 Å². The van der Waals surface area contributed by atoms with E-state index in [-0.39, 0.29) is 11.6 Å². The summed E-state index contributed by atoms with van der Waals surface area (Å²) < 4.78 is 0. The molecule has 1 rings (SSSR count). The van der Waals surface area contributed by atoms with Crippen LogP contribution in [-0.4, -0.2) is 29.1 Å². The first-order chi connectivity index (χ1) is 8.08. The zero-order valence-electron chi connectivity index (χ0n) is 9.92. The summed E-state index contributed by atoms with van der Waals surface area (Å²) in [6.45, 7) is 5.19. The van der Waals surface area contributed by atoms with Crippen molar-refractivity contribution in [3.63, 3.8) is 0 Å². The van der Waals surface area contributed by atoms with Crippen molar-refractivity contribution in [1.29, 1.82) is 5.26 Å². The van der Waals surface area contributed by atoms with Gasteiger partial charge in [-0.25, -0.2) is 9.78 Å². The quantitative estimate of drug-likeness (QED) is 0.838. The molecular formula is C12H15N3O2. The fourth-order valence-corrected chi connectivity index (χ4v) is 1.49. The minimum atomic E-state index is -1.04. The summed E-state index contributed by atoms with van der Waals surface area (Å²) in [5.41, 5.74) is 0.859. The molecule has 0 aliphatic rings. The highest BCUT2D eigenvalue weighted by molar-refractivity contribution is 5.85. The Hall–Kier alpha value is -2.09. The molecule has 0 amide bonds. The molecule has 0 aliphatic heterocycles. The van der Waals surface area contributed by atoms with Crippen LogP contribution in [0.1, 0.15) is 24.3 Å². The van der Waals surface area contributed by atoms with Gasteiger partial charge in [-0.15, -0.1) is 0 Å². The Morgan fingerprint density at radius 2 is 2.35 bits per heavy atom. The van der Waals surface area contributed by atoms with Crippen molar-refractivity contribution in [2.24, 2.45) is 5.92 Å². The summed E-state index contributed by atoms with van der Waals surface area (Å²) in [4.78, 5) is 16.5. The van der Waals surface area contributed by atoms with Gasteiger partial charge in [-0.2, -0.15) is 5.26 Å². The first kappa shape index (κ1) is 13.0. The van der Waals surface area contributed by atoms with Crippen LogP contribution in [0.25, 0.3) is 0 Å². The SMILES string of the molecule is CCN(CC(C)C#N)c1ccc(C(=O)O)nc1. The summed E-state index contributed by atoms with van der Waals surface area (Å²) in [5.74, 6) is -1.11. The van der Waals surface area contributed by atoms with Crippen LogP contribution in [-0.2, 0) is 0 Å². The third-order valence-electron chi connectivity index (χ3n) is 2.43. The average Bonchev–Trinajstić information content (AvgIpc) is 2.35. The number of carbonyl (C=O) groups is 1. The van der Waals surface area contributed by atoms with Crippen molar-refractivity contribution in [1.82, 2.24) is 4.98 Å². The van der Waals surface area contributed by atoms with Crippen molar-refractivity contribution in [3.8, 4) is 6.07 Å². The van der Waals surface area contributed by atoms with Crippen LogP contribution in [0.2, 0.25) is 0 Å². The van der Waals surface area contributed by atoms with Crippen LogP contribution < -0.4 is 4.90 Å². The normalized spacial score (nSPS) is 11.6. The van der Waals surface area contributed by atoms with Gasteiger partial charge in [0.2, 0.25) is 0 Å².